The summed E-state index contributed by atoms with van der Waals surface area (Å²) in [5.74, 6) is 3.40. The predicted molar refractivity (Wildman–Crippen MR) is 86.3 cm³/mol. The minimum Gasteiger partial charge on any atom is -0.299 e. The topological polar surface area (TPSA) is 34.1 Å². The number of Topliss-reactive ketones (excluding diaryl/α,β-unsaturated/α-hetero) is 1. The highest BCUT2D eigenvalue weighted by Gasteiger charge is 2.61. The smallest absolute Gasteiger partial charge is 0.155 e. The van der Waals surface area contributed by atoms with Gasteiger partial charge in [0.2, 0.25) is 0 Å². The minimum absolute atomic E-state index is 0.0529. The van der Waals surface area contributed by atoms with E-state index < -0.39 is 0 Å². The molecule has 0 aromatic carbocycles. The Labute approximate surface area is 133 Å². The van der Waals surface area contributed by atoms with Crippen LogP contribution in [0.15, 0.2) is 11.6 Å². The summed E-state index contributed by atoms with van der Waals surface area (Å²) in [5, 5.41) is 0. The van der Waals surface area contributed by atoms with E-state index in [2.05, 4.69) is 20.8 Å². The van der Waals surface area contributed by atoms with Crippen LogP contribution in [-0.4, -0.2) is 11.6 Å². The first kappa shape index (κ1) is 14.7. The van der Waals surface area contributed by atoms with Crippen molar-refractivity contribution in [3.63, 3.8) is 0 Å². The summed E-state index contributed by atoms with van der Waals surface area (Å²) in [6.07, 6.45) is 8.96. The van der Waals surface area contributed by atoms with Crippen LogP contribution in [0.2, 0.25) is 0 Å². The van der Waals surface area contributed by atoms with Crippen molar-refractivity contribution in [1.82, 2.24) is 0 Å². The van der Waals surface area contributed by atoms with E-state index in [-0.39, 0.29) is 10.8 Å². The predicted octanol–water partition coefficient (Wildman–Crippen LogP) is 4.33. The van der Waals surface area contributed by atoms with E-state index in [0.717, 1.165) is 38.5 Å². The molecule has 0 N–H and O–H groups in total. The largest absolute Gasteiger partial charge is 0.299 e. The molecule has 4 aliphatic rings. The highest BCUT2D eigenvalue weighted by Crippen LogP contribution is 2.65. The number of allylic oxidation sites excluding steroid dienone is 1. The van der Waals surface area contributed by atoms with Crippen molar-refractivity contribution in [3.05, 3.63) is 11.6 Å². The zero-order valence-electron chi connectivity index (χ0n) is 14.2. The van der Waals surface area contributed by atoms with Gasteiger partial charge in [0.05, 0.1) is 0 Å². The molecule has 0 amide bonds. The van der Waals surface area contributed by atoms with Gasteiger partial charge in [0, 0.05) is 18.3 Å². The van der Waals surface area contributed by atoms with E-state index in [1.807, 2.05) is 6.08 Å². The molecule has 0 aromatic heterocycles. The van der Waals surface area contributed by atoms with Crippen LogP contribution in [0, 0.1) is 34.5 Å². The lowest BCUT2D eigenvalue weighted by atomic mass is 9.45. The average molecular weight is 300 g/mol. The van der Waals surface area contributed by atoms with Gasteiger partial charge in [-0.1, -0.05) is 26.3 Å². The summed E-state index contributed by atoms with van der Waals surface area (Å²) in [4.78, 5) is 24.4. The maximum absolute atomic E-state index is 12.5. The Morgan fingerprint density at radius 1 is 1.05 bits per heavy atom. The van der Waals surface area contributed by atoms with E-state index in [4.69, 9.17) is 0 Å². The third kappa shape index (κ3) is 1.73. The van der Waals surface area contributed by atoms with Crippen molar-refractivity contribution in [1.29, 1.82) is 0 Å². The first-order chi connectivity index (χ1) is 10.4. The van der Waals surface area contributed by atoms with Gasteiger partial charge in [-0.3, -0.25) is 9.59 Å². The second kappa shape index (κ2) is 4.55. The second-order valence-corrected chi connectivity index (χ2v) is 8.95. The Bertz CT molecular complexity index is 574. The highest BCUT2D eigenvalue weighted by atomic mass is 16.1. The number of fused-ring (bicyclic) bond motifs is 5. The molecule has 2 unspecified atom stereocenters. The summed E-state index contributed by atoms with van der Waals surface area (Å²) in [7, 11) is 0. The Balaban J connectivity index is 1.75. The number of ketones is 2. The summed E-state index contributed by atoms with van der Waals surface area (Å²) in [6.45, 7) is 7.03. The molecule has 6 atom stereocenters. The Morgan fingerprint density at radius 2 is 1.82 bits per heavy atom. The number of rotatable bonds is 0. The quantitative estimate of drug-likeness (QED) is 0.667. The van der Waals surface area contributed by atoms with Gasteiger partial charge in [0.25, 0.3) is 0 Å². The van der Waals surface area contributed by atoms with E-state index in [0.29, 0.717) is 35.2 Å². The molecule has 4 aliphatic carbocycles. The van der Waals surface area contributed by atoms with Gasteiger partial charge in [0.15, 0.2) is 5.78 Å². The first-order valence-electron chi connectivity index (χ1n) is 9.13. The van der Waals surface area contributed by atoms with Crippen LogP contribution in [0.5, 0.6) is 0 Å². The lowest BCUT2D eigenvalue weighted by molar-refractivity contribution is -0.136. The first-order valence-corrected chi connectivity index (χ1v) is 9.13. The Hall–Kier alpha value is -0.920. The lowest BCUT2D eigenvalue weighted by Crippen LogP contribution is -2.54. The van der Waals surface area contributed by atoms with Gasteiger partial charge in [0.1, 0.15) is 5.78 Å². The van der Waals surface area contributed by atoms with Gasteiger partial charge in [-0.25, -0.2) is 0 Å². The number of carbonyl (C=O) groups excluding carboxylic acids is 2. The lowest BCUT2D eigenvalue weighted by Gasteiger charge is -2.59. The molecule has 0 saturated heterocycles. The molecule has 0 heterocycles. The molecule has 22 heavy (non-hydrogen) atoms. The zero-order chi connectivity index (χ0) is 15.7. The standard InChI is InChI=1S/C20H28O2/c1-12-11-20(3)16(6-7-17(20)22)15-5-4-13-10-14(21)8-9-19(13,2)18(12)15/h10,12,15-16,18H,4-9,11H2,1-3H3/t12?,15?,16-,18-,19-,20-/m0/s1. The van der Waals surface area contributed by atoms with Crippen LogP contribution >= 0.6 is 0 Å². The molecule has 0 bridgehead atoms. The van der Waals surface area contributed by atoms with Crippen molar-refractivity contribution >= 4 is 11.6 Å². The van der Waals surface area contributed by atoms with Crippen LogP contribution in [0.25, 0.3) is 0 Å². The molecule has 4 rings (SSSR count). The molecule has 0 spiro atoms. The minimum atomic E-state index is -0.0529. The molecule has 0 radical (unpaired) electrons. The van der Waals surface area contributed by atoms with Gasteiger partial charge in [-0.2, -0.15) is 0 Å². The zero-order valence-corrected chi connectivity index (χ0v) is 14.2. The Morgan fingerprint density at radius 3 is 2.59 bits per heavy atom. The fourth-order valence-corrected chi connectivity index (χ4v) is 7.03. The van der Waals surface area contributed by atoms with Gasteiger partial charge in [-0.05, 0) is 67.3 Å². The molecular weight excluding hydrogens is 272 g/mol. The van der Waals surface area contributed by atoms with Crippen LogP contribution in [-0.2, 0) is 9.59 Å². The summed E-state index contributed by atoms with van der Waals surface area (Å²) < 4.78 is 0. The molecule has 2 heteroatoms. The fraction of sp³-hybridized carbons (Fsp3) is 0.800. The fourth-order valence-electron chi connectivity index (χ4n) is 7.03. The van der Waals surface area contributed by atoms with Gasteiger partial charge >= 0.3 is 0 Å². The van der Waals surface area contributed by atoms with Crippen molar-refractivity contribution in [2.75, 3.05) is 0 Å². The van der Waals surface area contributed by atoms with Crippen molar-refractivity contribution in [2.45, 2.75) is 65.7 Å². The maximum atomic E-state index is 12.5. The molecule has 120 valence electrons. The normalized spacial score (nSPS) is 51.0. The average Bonchev–Trinajstić information content (AvgIpc) is 2.75. The van der Waals surface area contributed by atoms with Crippen LogP contribution in [0.3, 0.4) is 0 Å². The highest BCUT2D eigenvalue weighted by molar-refractivity contribution is 5.91. The molecule has 0 aromatic rings. The number of carbonyl (C=O) groups is 2. The van der Waals surface area contributed by atoms with Crippen molar-refractivity contribution < 1.29 is 9.59 Å². The summed E-state index contributed by atoms with van der Waals surface area (Å²) in [5.41, 5.74) is 1.58. The summed E-state index contributed by atoms with van der Waals surface area (Å²) >= 11 is 0. The maximum Gasteiger partial charge on any atom is 0.155 e. The number of hydrogen-bond donors (Lipinski definition) is 0. The monoisotopic (exact) mass is 300 g/mol. The van der Waals surface area contributed by atoms with E-state index >= 15 is 0 Å². The molecule has 3 fully saturated rings. The SMILES string of the molecule is CC1C[C@]2(C)C(=O)CC[C@H]2C2CCC3=CC(=O)CC[C@]3(C)[C@@H]12. The van der Waals surface area contributed by atoms with E-state index in [1.54, 1.807) is 0 Å². The van der Waals surface area contributed by atoms with Crippen LogP contribution < -0.4 is 0 Å². The third-order valence-corrected chi connectivity index (χ3v) is 7.92. The Kier molecular flexibility index (Phi) is 3.03. The van der Waals surface area contributed by atoms with Crippen molar-refractivity contribution in [3.8, 4) is 0 Å². The van der Waals surface area contributed by atoms with E-state index in [9.17, 15) is 9.59 Å². The van der Waals surface area contributed by atoms with Crippen molar-refractivity contribution in [2.24, 2.45) is 34.5 Å². The molecule has 0 aliphatic heterocycles. The van der Waals surface area contributed by atoms with Crippen LogP contribution in [0.4, 0.5) is 0 Å². The molecule has 3 saturated carbocycles. The molecular formula is C20H28O2. The molecule has 2 nitrogen and oxygen atoms in total. The van der Waals surface area contributed by atoms with Gasteiger partial charge < -0.3 is 0 Å². The van der Waals surface area contributed by atoms with Crippen LogP contribution in [0.1, 0.15) is 65.7 Å². The van der Waals surface area contributed by atoms with E-state index in [1.165, 1.54) is 12.0 Å². The second-order valence-electron chi connectivity index (χ2n) is 8.95. The van der Waals surface area contributed by atoms with Gasteiger partial charge in [-0.15, -0.1) is 0 Å². The third-order valence-electron chi connectivity index (χ3n) is 7.92. The number of hydrogen-bond acceptors (Lipinski definition) is 2. The summed E-state index contributed by atoms with van der Waals surface area (Å²) in [6, 6.07) is 0.